The highest BCUT2D eigenvalue weighted by molar-refractivity contribution is 7.19. The van der Waals surface area contributed by atoms with Gasteiger partial charge in [0, 0.05) is 59.5 Å². The number of H-pyrrole nitrogens is 1. The highest BCUT2D eigenvalue weighted by Gasteiger charge is 2.47. The summed E-state index contributed by atoms with van der Waals surface area (Å²) in [5, 5.41) is 5.19. The van der Waals surface area contributed by atoms with E-state index in [1.165, 1.54) is 22.3 Å². The van der Waals surface area contributed by atoms with Gasteiger partial charge in [-0.1, -0.05) is 47.9 Å². The lowest BCUT2D eigenvalue weighted by atomic mass is 9.88. The first kappa shape index (κ1) is 31.5. The Morgan fingerprint density at radius 3 is 2.35 bits per heavy atom. The number of benzene rings is 2. The zero-order chi connectivity index (χ0) is 32.3. The Morgan fingerprint density at radius 1 is 1.02 bits per heavy atom. The van der Waals surface area contributed by atoms with Crippen molar-refractivity contribution in [2.75, 3.05) is 19.6 Å². The molecule has 2 amide bonds. The van der Waals surface area contributed by atoms with Gasteiger partial charge < -0.3 is 15.2 Å². The van der Waals surface area contributed by atoms with Gasteiger partial charge in [0.2, 0.25) is 11.8 Å². The van der Waals surface area contributed by atoms with Crippen LogP contribution >= 0.6 is 22.9 Å². The average Bonchev–Trinajstić information content (AvgIpc) is 3.76. The lowest BCUT2D eigenvalue weighted by Gasteiger charge is -2.38. The average molecular weight is 657 g/mol. The number of aromatic nitrogens is 1. The number of carbonyl (C=O) groups excluding carboxylic acids is 2. The number of hydrogen-bond donors (Lipinski definition) is 2. The second-order valence-electron chi connectivity index (χ2n) is 14.6. The maximum atomic E-state index is 14.0. The highest BCUT2D eigenvalue weighted by atomic mass is 35.5. The lowest BCUT2D eigenvalue weighted by Crippen LogP contribution is -2.53. The van der Waals surface area contributed by atoms with E-state index in [1.807, 2.05) is 18.2 Å². The van der Waals surface area contributed by atoms with Crippen LogP contribution in [0.4, 0.5) is 0 Å². The number of aromatic amines is 1. The van der Waals surface area contributed by atoms with Crippen LogP contribution in [-0.2, 0) is 21.5 Å². The molecule has 7 rings (SSSR count). The number of nitrogens with zero attached hydrogens (tertiary/aromatic N) is 2. The number of aryl methyl sites for hydroxylation is 2. The summed E-state index contributed by atoms with van der Waals surface area (Å²) in [5.41, 5.74) is 6.51. The first-order chi connectivity index (χ1) is 22.0. The summed E-state index contributed by atoms with van der Waals surface area (Å²) in [6, 6.07) is 17.7. The molecule has 0 spiro atoms. The van der Waals surface area contributed by atoms with Crippen LogP contribution in [0.25, 0.3) is 21.5 Å². The van der Waals surface area contributed by atoms with Crippen LogP contribution in [0.15, 0.2) is 48.5 Å². The number of thiophene rings is 1. The summed E-state index contributed by atoms with van der Waals surface area (Å²) in [4.78, 5) is 37.7. The quantitative estimate of drug-likeness (QED) is 0.192. The van der Waals surface area contributed by atoms with E-state index in [1.54, 1.807) is 11.3 Å². The number of rotatable bonds is 9. The fourth-order valence-electron chi connectivity index (χ4n) is 8.10. The summed E-state index contributed by atoms with van der Waals surface area (Å²) in [5.74, 6) is 0.457. The summed E-state index contributed by atoms with van der Waals surface area (Å²) >= 11 is 7.87. The molecule has 0 radical (unpaired) electrons. The minimum Gasteiger partial charge on any atom is -0.355 e. The standard InChI is InChI=1S/C38H45ClN4O2S/c1-22-13-23(2)15-26(14-22)34-33(24(3)18-40-35(44)27-20-42(21-27)19-25-7-6-8-28(39)16-25)31-17-32(46-36(31)41-34)38(4,5)37(45)43-29-9-10-30(43)12-11-29/h6-8,13-17,24,27,29-30,41H,9-12,18-21H2,1-5H3,(H,40,44)/t24-,29?,30?/m1/s1. The van der Waals surface area contributed by atoms with Crippen molar-refractivity contribution in [3.05, 3.63) is 80.7 Å². The predicted octanol–water partition coefficient (Wildman–Crippen LogP) is 7.95. The summed E-state index contributed by atoms with van der Waals surface area (Å²) in [7, 11) is 0. The van der Waals surface area contributed by atoms with Gasteiger partial charge in [-0.15, -0.1) is 11.3 Å². The van der Waals surface area contributed by atoms with Crippen molar-refractivity contribution >= 4 is 45.0 Å². The predicted molar refractivity (Wildman–Crippen MR) is 189 cm³/mol. The van der Waals surface area contributed by atoms with E-state index in [-0.39, 0.29) is 23.7 Å². The van der Waals surface area contributed by atoms with Crippen molar-refractivity contribution in [2.24, 2.45) is 5.92 Å². The molecule has 0 aliphatic carbocycles. The van der Waals surface area contributed by atoms with Gasteiger partial charge in [0.05, 0.1) is 17.0 Å². The molecule has 2 aromatic carbocycles. The molecule has 1 atom stereocenters. The number of halogens is 1. The number of nitrogens with one attached hydrogen (secondary N) is 2. The topological polar surface area (TPSA) is 68.4 Å². The molecule has 3 aliphatic rings. The van der Waals surface area contributed by atoms with E-state index in [4.69, 9.17) is 11.6 Å². The Balaban J connectivity index is 1.11. The monoisotopic (exact) mass is 656 g/mol. The van der Waals surface area contributed by atoms with E-state index in [0.29, 0.717) is 18.6 Å². The van der Waals surface area contributed by atoms with Gasteiger partial charge in [0.1, 0.15) is 4.83 Å². The van der Waals surface area contributed by atoms with Crippen molar-refractivity contribution in [3.8, 4) is 11.3 Å². The third-order valence-corrected chi connectivity index (χ3v) is 12.2. The Bertz CT molecular complexity index is 1760. The molecule has 2 aromatic heterocycles. The van der Waals surface area contributed by atoms with Crippen molar-refractivity contribution in [2.45, 2.75) is 90.3 Å². The van der Waals surface area contributed by atoms with Gasteiger partial charge in [-0.2, -0.15) is 0 Å². The van der Waals surface area contributed by atoms with E-state index < -0.39 is 5.41 Å². The van der Waals surface area contributed by atoms with Crippen molar-refractivity contribution < 1.29 is 9.59 Å². The molecule has 5 heterocycles. The fourth-order valence-corrected chi connectivity index (χ4v) is 9.48. The largest absolute Gasteiger partial charge is 0.355 e. The first-order valence-corrected chi connectivity index (χ1v) is 18.0. The number of amides is 2. The van der Waals surface area contributed by atoms with Crippen LogP contribution in [0.1, 0.15) is 79.5 Å². The van der Waals surface area contributed by atoms with Crippen LogP contribution in [0.5, 0.6) is 0 Å². The van der Waals surface area contributed by atoms with Gasteiger partial charge in [-0.25, -0.2) is 0 Å². The molecule has 0 saturated carbocycles. The maximum absolute atomic E-state index is 14.0. The molecule has 46 heavy (non-hydrogen) atoms. The van der Waals surface area contributed by atoms with Gasteiger partial charge >= 0.3 is 0 Å². The molecule has 3 saturated heterocycles. The molecule has 4 aromatic rings. The molecule has 2 N–H and O–H groups in total. The Kier molecular flexibility index (Phi) is 8.31. The molecule has 2 bridgehead atoms. The van der Waals surface area contributed by atoms with Crippen LogP contribution in [-0.4, -0.2) is 58.3 Å². The molecular weight excluding hydrogens is 612 g/mol. The third-order valence-electron chi connectivity index (χ3n) is 10.6. The second kappa shape index (κ2) is 12.1. The van der Waals surface area contributed by atoms with E-state index >= 15 is 0 Å². The van der Waals surface area contributed by atoms with Crippen LogP contribution < -0.4 is 5.32 Å². The van der Waals surface area contributed by atoms with Crippen LogP contribution in [0, 0.1) is 19.8 Å². The molecule has 6 nitrogen and oxygen atoms in total. The zero-order valence-corrected chi connectivity index (χ0v) is 29.2. The molecular formula is C38H45ClN4O2S. The zero-order valence-electron chi connectivity index (χ0n) is 27.6. The Morgan fingerprint density at radius 2 is 1.70 bits per heavy atom. The first-order valence-electron chi connectivity index (χ1n) is 16.8. The highest BCUT2D eigenvalue weighted by Crippen LogP contribution is 2.45. The fraction of sp³-hybridized carbons (Fsp3) is 0.474. The summed E-state index contributed by atoms with van der Waals surface area (Å²) in [6.07, 6.45) is 4.58. The van der Waals surface area contributed by atoms with E-state index in [0.717, 1.165) is 76.7 Å². The van der Waals surface area contributed by atoms with Gasteiger partial charge in [0.25, 0.3) is 0 Å². The Hall–Kier alpha value is -3.13. The Labute approximate surface area is 281 Å². The third kappa shape index (κ3) is 5.80. The number of fused-ring (bicyclic) bond motifs is 3. The number of likely N-dealkylation sites (tertiary alicyclic amines) is 1. The summed E-state index contributed by atoms with van der Waals surface area (Å²) in [6.45, 7) is 13.5. The van der Waals surface area contributed by atoms with Gasteiger partial charge in [-0.05, 0) is 100 Å². The molecule has 0 unspecified atom stereocenters. The van der Waals surface area contributed by atoms with Crippen molar-refractivity contribution in [1.29, 1.82) is 0 Å². The normalized spacial score (nSPS) is 20.8. The maximum Gasteiger partial charge on any atom is 0.233 e. The van der Waals surface area contributed by atoms with Gasteiger partial charge in [-0.3, -0.25) is 14.5 Å². The van der Waals surface area contributed by atoms with Crippen molar-refractivity contribution in [1.82, 2.24) is 20.1 Å². The smallest absolute Gasteiger partial charge is 0.233 e. The minimum atomic E-state index is -0.592. The van der Waals surface area contributed by atoms with Crippen molar-refractivity contribution in [3.63, 3.8) is 0 Å². The van der Waals surface area contributed by atoms with E-state index in [2.05, 4.69) is 85.1 Å². The molecule has 3 fully saturated rings. The number of hydrogen-bond acceptors (Lipinski definition) is 4. The van der Waals surface area contributed by atoms with E-state index in [9.17, 15) is 9.59 Å². The lowest BCUT2D eigenvalue weighted by molar-refractivity contribution is -0.137. The number of carbonyl (C=O) groups is 2. The second-order valence-corrected chi connectivity index (χ2v) is 16.1. The van der Waals surface area contributed by atoms with Gasteiger partial charge in [0.15, 0.2) is 0 Å². The van der Waals surface area contributed by atoms with Crippen LogP contribution in [0.2, 0.25) is 5.02 Å². The van der Waals surface area contributed by atoms with Crippen LogP contribution in [0.3, 0.4) is 0 Å². The SMILES string of the molecule is Cc1cc(C)cc(-c2[nH]c3sc(C(C)(C)C(=O)N4C5CCC4CC5)cc3c2[C@H](C)CNC(=O)C2CN(Cc3cccc(Cl)c3)C2)c1. The molecule has 242 valence electrons. The minimum absolute atomic E-state index is 0.00281. The molecule has 3 aliphatic heterocycles. The summed E-state index contributed by atoms with van der Waals surface area (Å²) < 4.78 is 0. The molecule has 8 heteroatoms.